The molecule has 0 spiro atoms. The Hall–Kier alpha value is -3.62. The van der Waals surface area contributed by atoms with Crippen molar-refractivity contribution in [2.24, 2.45) is 0 Å². The fourth-order valence-corrected chi connectivity index (χ4v) is 4.41. The molecule has 0 aliphatic carbocycles. The van der Waals surface area contributed by atoms with Gasteiger partial charge in [-0.3, -0.25) is 14.7 Å². The Morgan fingerprint density at radius 3 is 2.68 bits per heavy atom. The van der Waals surface area contributed by atoms with Gasteiger partial charge < -0.3 is 15.1 Å². The van der Waals surface area contributed by atoms with E-state index < -0.39 is 4.92 Å². The van der Waals surface area contributed by atoms with E-state index in [2.05, 4.69) is 49.1 Å². The number of aromatic nitrogens is 2. The Labute approximate surface area is 199 Å². The Morgan fingerprint density at radius 1 is 1.26 bits per heavy atom. The highest BCUT2D eigenvalue weighted by atomic mass is 16.6. The van der Waals surface area contributed by atoms with Crippen molar-refractivity contribution in [3.8, 4) is 0 Å². The van der Waals surface area contributed by atoms with E-state index in [1.807, 2.05) is 17.2 Å². The molecule has 9 nitrogen and oxygen atoms in total. The summed E-state index contributed by atoms with van der Waals surface area (Å²) < 4.78 is 1.58. The molecule has 1 aromatic carbocycles. The first-order chi connectivity index (χ1) is 16.2. The van der Waals surface area contributed by atoms with Crippen LogP contribution in [-0.4, -0.2) is 57.1 Å². The van der Waals surface area contributed by atoms with Crippen molar-refractivity contribution in [3.63, 3.8) is 0 Å². The van der Waals surface area contributed by atoms with E-state index in [1.165, 1.54) is 12.1 Å². The van der Waals surface area contributed by atoms with Crippen molar-refractivity contribution in [1.29, 1.82) is 0 Å². The third-order valence-corrected chi connectivity index (χ3v) is 6.85. The number of nitrogens with zero attached hydrogens (tertiary/aromatic N) is 5. The predicted molar refractivity (Wildman–Crippen MR) is 135 cm³/mol. The molecule has 0 bridgehead atoms. The maximum absolute atomic E-state index is 13.2. The smallest absolute Gasteiger partial charge is 0.328 e. The number of nitro groups is 1. The highest BCUT2D eigenvalue weighted by Gasteiger charge is 2.29. The van der Waals surface area contributed by atoms with E-state index in [4.69, 9.17) is 0 Å². The average molecular weight is 465 g/mol. The lowest BCUT2D eigenvalue weighted by Gasteiger charge is -2.38. The van der Waals surface area contributed by atoms with Gasteiger partial charge in [0, 0.05) is 61.6 Å². The largest absolute Gasteiger partial charge is 0.377 e. The number of piperidine rings is 1. The topological polar surface area (TPSA) is 96.5 Å². The second-order valence-electron chi connectivity index (χ2n) is 9.53. The molecule has 3 aromatic rings. The minimum absolute atomic E-state index is 0.0206. The molecule has 1 amide bonds. The van der Waals surface area contributed by atoms with Gasteiger partial charge in [0.1, 0.15) is 0 Å². The van der Waals surface area contributed by atoms with Crippen LogP contribution in [0.3, 0.4) is 0 Å². The normalized spacial score (nSPS) is 14.9. The number of non-ortho nitro benzene ring substituents is 1. The quantitative estimate of drug-likeness (QED) is 0.402. The fourth-order valence-electron chi connectivity index (χ4n) is 4.41. The number of pyridine rings is 1. The van der Waals surface area contributed by atoms with Crippen molar-refractivity contribution in [1.82, 2.24) is 14.5 Å². The van der Waals surface area contributed by atoms with Crippen molar-refractivity contribution < 1.29 is 9.72 Å². The molecule has 34 heavy (non-hydrogen) atoms. The van der Waals surface area contributed by atoms with Gasteiger partial charge in [0.25, 0.3) is 5.69 Å². The monoisotopic (exact) mass is 464 g/mol. The van der Waals surface area contributed by atoms with Crippen molar-refractivity contribution in [2.75, 3.05) is 30.4 Å². The van der Waals surface area contributed by atoms with Gasteiger partial charge in [-0.05, 0) is 57.4 Å². The SMILES string of the molecule is CCC(C)(C)Nc1cccnc1N(C)C1CCN(C(=O)n2ccc3cc([N+](=O)[O-])ccc32)CC1. The van der Waals surface area contributed by atoms with Crippen LogP contribution < -0.4 is 10.2 Å². The number of carbonyl (C=O) groups excluding carboxylic acids is 1. The van der Waals surface area contributed by atoms with E-state index in [0.29, 0.717) is 24.0 Å². The maximum Gasteiger partial charge on any atom is 0.328 e. The summed E-state index contributed by atoms with van der Waals surface area (Å²) in [7, 11) is 2.07. The van der Waals surface area contributed by atoms with Crippen LogP contribution in [0.15, 0.2) is 48.8 Å². The van der Waals surface area contributed by atoms with Crippen LogP contribution in [0.1, 0.15) is 40.0 Å². The molecule has 4 rings (SSSR count). The lowest BCUT2D eigenvalue weighted by molar-refractivity contribution is -0.384. The number of hydrogen-bond donors (Lipinski definition) is 1. The van der Waals surface area contributed by atoms with Crippen LogP contribution in [0.25, 0.3) is 10.9 Å². The molecule has 9 heteroatoms. The number of carbonyl (C=O) groups is 1. The lowest BCUT2D eigenvalue weighted by atomic mass is 10.0. The number of nitro benzene ring substituents is 1. The molecule has 0 atom stereocenters. The summed E-state index contributed by atoms with van der Waals surface area (Å²) in [6.45, 7) is 7.79. The summed E-state index contributed by atoms with van der Waals surface area (Å²) in [5.41, 5.74) is 1.68. The Balaban J connectivity index is 1.44. The average Bonchev–Trinajstić information content (AvgIpc) is 3.26. The van der Waals surface area contributed by atoms with Gasteiger partial charge in [-0.25, -0.2) is 9.78 Å². The van der Waals surface area contributed by atoms with E-state index >= 15 is 0 Å². The molecule has 1 aliphatic heterocycles. The van der Waals surface area contributed by atoms with Gasteiger partial charge in [-0.2, -0.15) is 0 Å². The van der Waals surface area contributed by atoms with Gasteiger partial charge in [0.05, 0.1) is 16.1 Å². The molecule has 1 saturated heterocycles. The van der Waals surface area contributed by atoms with E-state index in [-0.39, 0.29) is 23.3 Å². The Bertz CT molecular complexity index is 1200. The number of amides is 1. The molecule has 1 aliphatic rings. The summed E-state index contributed by atoms with van der Waals surface area (Å²) in [4.78, 5) is 32.5. The lowest BCUT2D eigenvalue weighted by Crippen LogP contribution is -2.47. The second kappa shape index (κ2) is 9.32. The second-order valence-corrected chi connectivity index (χ2v) is 9.53. The molecule has 0 radical (unpaired) electrons. The molecule has 0 unspecified atom stereocenters. The summed E-state index contributed by atoms with van der Waals surface area (Å²) in [5, 5.41) is 15.3. The van der Waals surface area contributed by atoms with Gasteiger partial charge >= 0.3 is 6.03 Å². The van der Waals surface area contributed by atoms with E-state index in [0.717, 1.165) is 30.8 Å². The maximum atomic E-state index is 13.2. The Morgan fingerprint density at radius 2 is 2.00 bits per heavy atom. The molecule has 1 N–H and O–H groups in total. The first-order valence-corrected chi connectivity index (χ1v) is 11.7. The molecular weight excluding hydrogens is 432 g/mol. The third-order valence-electron chi connectivity index (χ3n) is 6.85. The summed E-state index contributed by atoms with van der Waals surface area (Å²) in [5.74, 6) is 0.923. The first kappa shape index (κ1) is 23.5. The minimum atomic E-state index is -0.425. The molecule has 2 aromatic heterocycles. The highest BCUT2D eigenvalue weighted by Crippen LogP contribution is 2.30. The fraction of sp³-hybridized carbons (Fsp3) is 0.440. The summed E-state index contributed by atoms with van der Waals surface area (Å²) >= 11 is 0. The molecule has 3 heterocycles. The van der Waals surface area contributed by atoms with Crippen LogP contribution >= 0.6 is 0 Å². The van der Waals surface area contributed by atoms with Gasteiger partial charge in [-0.15, -0.1) is 0 Å². The number of benzene rings is 1. The van der Waals surface area contributed by atoms with Crippen LogP contribution in [-0.2, 0) is 0 Å². The zero-order valence-electron chi connectivity index (χ0n) is 20.2. The molecule has 1 fully saturated rings. The molecular formula is C25H32N6O3. The predicted octanol–water partition coefficient (Wildman–Crippen LogP) is 5.11. The zero-order chi connectivity index (χ0) is 24.5. The Kier molecular flexibility index (Phi) is 6.45. The van der Waals surface area contributed by atoms with E-state index in [9.17, 15) is 14.9 Å². The summed E-state index contributed by atoms with van der Waals surface area (Å²) in [6.07, 6.45) is 6.17. The van der Waals surface area contributed by atoms with E-state index in [1.54, 1.807) is 22.9 Å². The highest BCUT2D eigenvalue weighted by molar-refractivity contribution is 5.92. The number of anilines is 2. The van der Waals surface area contributed by atoms with Crippen LogP contribution in [0, 0.1) is 10.1 Å². The first-order valence-electron chi connectivity index (χ1n) is 11.7. The van der Waals surface area contributed by atoms with Gasteiger partial charge in [0.15, 0.2) is 5.82 Å². The van der Waals surface area contributed by atoms with Crippen LogP contribution in [0.2, 0.25) is 0 Å². The van der Waals surface area contributed by atoms with Crippen molar-refractivity contribution in [3.05, 3.63) is 58.9 Å². The standard InChI is InChI=1S/C25H32N6O3/c1-5-25(2,3)27-21-7-6-13-26-23(21)28(4)19-11-14-29(15-12-19)24(32)30-16-10-18-17-20(31(33)34)8-9-22(18)30/h6-10,13,16-17,19,27H,5,11-12,14-15H2,1-4H3. The number of rotatable bonds is 6. The van der Waals surface area contributed by atoms with Crippen molar-refractivity contribution >= 4 is 34.1 Å². The van der Waals surface area contributed by atoms with Gasteiger partial charge in [0.2, 0.25) is 0 Å². The van der Waals surface area contributed by atoms with Crippen molar-refractivity contribution in [2.45, 2.75) is 51.6 Å². The third kappa shape index (κ3) is 4.69. The van der Waals surface area contributed by atoms with Gasteiger partial charge in [-0.1, -0.05) is 6.92 Å². The molecule has 180 valence electrons. The number of hydrogen-bond acceptors (Lipinski definition) is 6. The number of likely N-dealkylation sites (tertiary alicyclic amines) is 1. The summed E-state index contributed by atoms with van der Waals surface area (Å²) in [6, 6.07) is 10.5. The van der Waals surface area contributed by atoms with Crippen LogP contribution in [0.5, 0.6) is 0 Å². The van der Waals surface area contributed by atoms with Crippen LogP contribution in [0.4, 0.5) is 22.0 Å². The zero-order valence-corrected chi connectivity index (χ0v) is 20.2. The molecule has 0 saturated carbocycles. The minimum Gasteiger partial charge on any atom is -0.377 e. The number of nitrogens with one attached hydrogen (secondary N) is 1. The number of fused-ring (bicyclic) bond motifs is 1.